The molecule has 0 aromatic heterocycles. The van der Waals surface area contributed by atoms with E-state index in [0.717, 1.165) is 5.56 Å². The summed E-state index contributed by atoms with van der Waals surface area (Å²) in [6, 6.07) is 4.76. The van der Waals surface area contributed by atoms with Gasteiger partial charge in [0.15, 0.2) is 11.6 Å². The molecule has 2 fully saturated rings. The molecule has 0 bridgehead atoms. The number of rotatable bonds is 4. The van der Waals surface area contributed by atoms with Crippen LogP contribution in [-0.4, -0.2) is 67.6 Å². The number of carbonyl (C=O) groups is 1. The van der Waals surface area contributed by atoms with Crippen molar-refractivity contribution in [3.63, 3.8) is 0 Å². The molecule has 8 heteroatoms. The summed E-state index contributed by atoms with van der Waals surface area (Å²) in [5, 5.41) is 0. The molecule has 1 atom stereocenters. The Morgan fingerprint density at radius 2 is 2.04 bits per heavy atom. The van der Waals surface area contributed by atoms with Crippen molar-refractivity contribution in [2.75, 3.05) is 39.9 Å². The third kappa shape index (κ3) is 4.48. The Labute approximate surface area is 150 Å². The van der Waals surface area contributed by atoms with E-state index >= 15 is 0 Å². The van der Waals surface area contributed by atoms with E-state index in [1.165, 1.54) is 18.1 Å². The number of benzene rings is 1. The lowest BCUT2D eigenvalue weighted by Gasteiger charge is -2.37. The topological polar surface area (TPSA) is 42.0 Å². The Bertz CT molecular complexity index is 647. The maximum atomic E-state index is 13.8. The maximum Gasteiger partial charge on any atom is 0.253 e. The third-order valence-corrected chi connectivity index (χ3v) is 4.86. The van der Waals surface area contributed by atoms with Crippen molar-refractivity contribution in [3.05, 3.63) is 29.6 Å². The molecule has 26 heavy (non-hydrogen) atoms. The summed E-state index contributed by atoms with van der Waals surface area (Å²) in [7, 11) is 1.41. The number of piperidine rings is 1. The molecule has 2 aliphatic rings. The minimum atomic E-state index is -2.69. The van der Waals surface area contributed by atoms with Crippen LogP contribution >= 0.6 is 0 Å². The van der Waals surface area contributed by atoms with Crippen LogP contribution in [0, 0.1) is 5.82 Å². The number of likely N-dealkylation sites (tertiary alicyclic amines) is 1. The Morgan fingerprint density at radius 1 is 1.31 bits per heavy atom. The Balaban J connectivity index is 1.57. The largest absolute Gasteiger partial charge is 0.494 e. The number of carbonyl (C=O) groups excluding carboxylic acids is 1. The van der Waals surface area contributed by atoms with Crippen molar-refractivity contribution in [1.82, 2.24) is 9.80 Å². The van der Waals surface area contributed by atoms with E-state index < -0.39 is 17.8 Å². The van der Waals surface area contributed by atoms with E-state index in [0.29, 0.717) is 26.2 Å². The van der Waals surface area contributed by atoms with Crippen molar-refractivity contribution in [2.24, 2.45) is 0 Å². The van der Waals surface area contributed by atoms with E-state index in [2.05, 4.69) is 0 Å². The van der Waals surface area contributed by atoms with Gasteiger partial charge in [-0.25, -0.2) is 13.2 Å². The highest BCUT2D eigenvalue weighted by molar-refractivity contribution is 5.81. The van der Waals surface area contributed by atoms with Gasteiger partial charge in [0.05, 0.1) is 13.7 Å². The van der Waals surface area contributed by atoms with Crippen molar-refractivity contribution in [2.45, 2.75) is 31.4 Å². The molecule has 0 N–H and O–H groups in total. The van der Waals surface area contributed by atoms with Gasteiger partial charge in [-0.2, -0.15) is 0 Å². The molecule has 0 saturated carbocycles. The molecule has 0 radical (unpaired) electrons. The van der Waals surface area contributed by atoms with Crippen LogP contribution in [0.25, 0.3) is 0 Å². The molecule has 1 aromatic rings. The fourth-order valence-electron chi connectivity index (χ4n) is 3.32. The third-order valence-electron chi connectivity index (χ3n) is 4.86. The van der Waals surface area contributed by atoms with Gasteiger partial charge in [0.2, 0.25) is 0 Å². The zero-order valence-electron chi connectivity index (χ0n) is 14.7. The molecule has 5 nitrogen and oxygen atoms in total. The average molecular weight is 372 g/mol. The average Bonchev–Trinajstić information content (AvgIpc) is 2.61. The Kier molecular flexibility index (Phi) is 5.72. The number of morpholine rings is 1. The van der Waals surface area contributed by atoms with Crippen molar-refractivity contribution >= 4 is 5.91 Å². The van der Waals surface area contributed by atoms with Crippen molar-refractivity contribution in [3.8, 4) is 5.75 Å². The van der Waals surface area contributed by atoms with E-state index in [4.69, 9.17) is 9.47 Å². The molecule has 1 unspecified atom stereocenters. The van der Waals surface area contributed by atoms with E-state index in [1.54, 1.807) is 12.1 Å². The molecular weight excluding hydrogens is 349 g/mol. The van der Waals surface area contributed by atoms with E-state index in [1.807, 2.05) is 4.90 Å². The van der Waals surface area contributed by atoms with Crippen LogP contribution in [0.3, 0.4) is 0 Å². The molecule has 0 spiro atoms. The number of alkyl halides is 2. The van der Waals surface area contributed by atoms with Gasteiger partial charge in [-0.15, -0.1) is 0 Å². The molecule has 2 heterocycles. The van der Waals surface area contributed by atoms with Gasteiger partial charge in [-0.3, -0.25) is 9.69 Å². The Hall–Kier alpha value is -1.80. The number of methoxy groups -OCH3 is 1. The second kappa shape index (κ2) is 7.84. The van der Waals surface area contributed by atoms with Gasteiger partial charge < -0.3 is 14.4 Å². The summed E-state index contributed by atoms with van der Waals surface area (Å²) < 4.78 is 50.8. The Morgan fingerprint density at radius 3 is 2.69 bits per heavy atom. The number of hydrogen-bond acceptors (Lipinski definition) is 4. The highest BCUT2D eigenvalue weighted by Crippen LogP contribution is 2.28. The first-order chi connectivity index (χ1) is 12.4. The van der Waals surface area contributed by atoms with Gasteiger partial charge in [0.1, 0.15) is 6.10 Å². The van der Waals surface area contributed by atoms with Crippen LogP contribution in [0.4, 0.5) is 13.2 Å². The van der Waals surface area contributed by atoms with Crippen molar-refractivity contribution in [1.29, 1.82) is 0 Å². The van der Waals surface area contributed by atoms with Crippen LogP contribution in [-0.2, 0) is 16.1 Å². The second-order valence-electron chi connectivity index (χ2n) is 6.74. The number of amides is 1. The predicted molar refractivity (Wildman–Crippen MR) is 88.7 cm³/mol. The summed E-state index contributed by atoms with van der Waals surface area (Å²) in [5.74, 6) is -3.17. The highest BCUT2D eigenvalue weighted by Gasteiger charge is 2.38. The van der Waals surface area contributed by atoms with E-state index in [-0.39, 0.29) is 37.6 Å². The van der Waals surface area contributed by atoms with Crippen LogP contribution < -0.4 is 4.74 Å². The standard InChI is InChI=1S/C18H23F3N2O3/c1-25-15-3-2-13(10-14(15)19)11-22-8-9-26-16(12-22)17(24)23-6-4-18(20,21)5-7-23/h2-3,10,16H,4-9,11-12H2,1H3. The first-order valence-corrected chi connectivity index (χ1v) is 8.71. The quantitative estimate of drug-likeness (QED) is 0.813. The second-order valence-corrected chi connectivity index (χ2v) is 6.74. The van der Waals surface area contributed by atoms with Gasteiger partial charge in [0.25, 0.3) is 11.8 Å². The zero-order valence-corrected chi connectivity index (χ0v) is 14.7. The van der Waals surface area contributed by atoms with Gasteiger partial charge in [-0.1, -0.05) is 6.07 Å². The summed E-state index contributed by atoms with van der Waals surface area (Å²) >= 11 is 0. The fraction of sp³-hybridized carbons (Fsp3) is 0.611. The molecule has 3 rings (SSSR count). The van der Waals surface area contributed by atoms with Crippen LogP contribution in [0.1, 0.15) is 18.4 Å². The minimum Gasteiger partial charge on any atom is -0.494 e. The monoisotopic (exact) mass is 372 g/mol. The van der Waals surface area contributed by atoms with Gasteiger partial charge in [0, 0.05) is 45.6 Å². The van der Waals surface area contributed by atoms with E-state index in [9.17, 15) is 18.0 Å². The normalized spacial score (nSPS) is 23.7. The molecule has 1 amide bonds. The summed E-state index contributed by atoms with van der Waals surface area (Å²) in [5.41, 5.74) is 0.772. The van der Waals surface area contributed by atoms with Gasteiger partial charge >= 0.3 is 0 Å². The number of ether oxygens (including phenoxy) is 2. The molecule has 0 aliphatic carbocycles. The summed E-state index contributed by atoms with van der Waals surface area (Å²) in [4.78, 5) is 16.0. The summed E-state index contributed by atoms with van der Waals surface area (Å²) in [6.07, 6.45) is -1.28. The van der Waals surface area contributed by atoms with Crippen LogP contribution in [0.2, 0.25) is 0 Å². The molecule has 2 aliphatic heterocycles. The van der Waals surface area contributed by atoms with Crippen LogP contribution in [0.5, 0.6) is 5.75 Å². The lowest BCUT2D eigenvalue weighted by atomic mass is 10.1. The molecule has 2 saturated heterocycles. The van der Waals surface area contributed by atoms with Gasteiger partial charge in [-0.05, 0) is 17.7 Å². The number of hydrogen-bond donors (Lipinski definition) is 0. The maximum absolute atomic E-state index is 13.8. The minimum absolute atomic E-state index is 0.0510. The smallest absolute Gasteiger partial charge is 0.253 e. The lowest BCUT2D eigenvalue weighted by molar-refractivity contribution is -0.155. The van der Waals surface area contributed by atoms with Crippen molar-refractivity contribution < 1.29 is 27.4 Å². The number of halogens is 3. The summed E-state index contributed by atoms with van der Waals surface area (Å²) in [6.45, 7) is 1.94. The van der Waals surface area contributed by atoms with Crippen LogP contribution in [0.15, 0.2) is 18.2 Å². The highest BCUT2D eigenvalue weighted by atomic mass is 19.3. The fourth-order valence-corrected chi connectivity index (χ4v) is 3.32. The number of nitrogens with zero attached hydrogens (tertiary/aromatic N) is 2. The zero-order chi connectivity index (χ0) is 18.7. The first kappa shape index (κ1) is 19.0. The predicted octanol–water partition coefficient (Wildman–Crippen LogP) is 2.29. The lowest BCUT2D eigenvalue weighted by Crippen LogP contribution is -2.53. The molecule has 144 valence electrons. The molecule has 1 aromatic carbocycles. The SMILES string of the molecule is COc1ccc(CN2CCOC(C(=O)N3CCC(F)(F)CC3)C2)cc1F. The molecular formula is C18H23F3N2O3. The first-order valence-electron chi connectivity index (χ1n) is 8.71.